The Hall–Kier alpha value is -2.21. The van der Waals surface area contributed by atoms with Crippen LogP contribution in [0.4, 0.5) is 4.39 Å². The van der Waals surface area contributed by atoms with E-state index in [1.807, 2.05) is 18.7 Å². The highest BCUT2D eigenvalue weighted by atomic mass is 19.1. The lowest BCUT2D eigenvalue weighted by Gasteiger charge is -2.23. The molecule has 0 radical (unpaired) electrons. The summed E-state index contributed by atoms with van der Waals surface area (Å²) in [6, 6.07) is 8.48. The first kappa shape index (κ1) is 25.1. The minimum atomic E-state index is -1.49. The number of aliphatic hydroxyl groups excluding tert-OH is 1. The second kappa shape index (κ2) is 13.3. The summed E-state index contributed by atoms with van der Waals surface area (Å²) >= 11 is 0. The number of carbonyl (C=O) groups is 2. The van der Waals surface area contributed by atoms with Gasteiger partial charge in [0.05, 0.1) is 12.6 Å². The second-order valence-electron chi connectivity index (χ2n) is 8.62. The summed E-state index contributed by atoms with van der Waals surface area (Å²) in [6.07, 6.45) is 5.59. The predicted molar refractivity (Wildman–Crippen MR) is 119 cm³/mol. The largest absolute Gasteiger partial charge is 0.465 e. The molecule has 0 saturated carbocycles. The fourth-order valence-corrected chi connectivity index (χ4v) is 3.66. The van der Waals surface area contributed by atoms with Gasteiger partial charge in [-0.05, 0) is 30.7 Å². The lowest BCUT2D eigenvalue weighted by molar-refractivity contribution is -0.144. The number of alkyl halides is 1. The fraction of sp³-hybridized carbons (Fsp3) is 0.600. The first-order chi connectivity index (χ1) is 14.9. The molecule has 0 aromatic heterocycles. The van der Waals surface area contributed by atoms with Gasteiger partial charge < -0.3 is 14.7 Å². The number of hydrogen-bond acceptors (Lipinski definition) is 4. The lowest BCUT2D eigenvalue weighted by Crippen LogP contribution is -2.33. The van der Waals surface area contributed by atoms with Crippen molar-refractivity contribution in [2.24, 2.45) is 5.92 Å². The van der Waals surface area contributed by atoms with E-state index < -0.39 is 12.3 Å². The zero-order chi connectivity index (χ0) is 22.6. The molecule has 1 amide bonds. The predicted octanol–water partition coefficient (Wildman–Crippen LogP) is 4.76. The van der Waals surface area contributed by atoms with E-state index in [-0.39, 0.29) is 17.9 Å². The first-order valence-corrected chi connectivity index (χ1v) is 11.4. The molecule has 6 heteroatoms. The Labute approximate surface area is 185 Å². The molecular weight excluding hydrogens is 397 g/mol. The lowest BCUT2D eigenvalue weighted by atomic mass is 10.0. The van der Waals surface area contributed by atoms with E-state index >= 15 is 0 Å². The van der Waals surface area contributed by atoms with Gasteiger partial charge in [0.25, 0.3) is 0 Å². The normalized spacial score (nSPS) is 18.7. The third-order valence-electron chi connectivity index (χ3n) is 5.43. The molecule has 172 valence electrons. The SMILES string of the molecule is CC(C)COC(=O)CCCCCCN1C(=O)CCC1C=CC(O)C(F)c1ccccc1. The highest BCUT2D eigenvalue weighted by Gasteiger charge is 2.29. The van der Waals surface area contributed by atoms with Crippen molar-refractivity contribution < 1.29 is 23.8 Å². The molecule has 0 bridgehead atoms. The van der Waals surface area contributed by atoms with Crippen LogP contribution in [-0.4, -0.2) is 47.2 Å². The number of carbonyl (C=O) groups excluding carboxylic acids is 2. The summed E-state index contributed by atoms with van der Waals surface area (Å²) in [5.74, 6) is 0.300. The van der Waals surface area contributed by atoms with Gasteiger partial charge in [-0.2, -0.15) is 0 Å². The van der Waals surface area contributed by atoms with Gasteiger partial charge in [-0.25, -0.2) is 4.39 Å². The molecule has 3 atom stereocenters. The molecule has 1 aromatic carbocycles. The monoisotopic (exact) mass is 433 g/mol. The third-order valence-corrected chi connectivity index (χ3v) is 5.43. The number of amides is 1. The third kappa shape index (κ3) is 8.82. The van der Waals surface area contributed by atoms with Crippen LogP contribution in [0, 0.1) is 5.92 Å². The number of likely N-dealkylation sites (tertiary alicyclic amines) is 1. The van der Waals surface area contributed by atoms with Crippen molar-refractivity contribution in [3.8, 4) is 0 Å². The minimum Gasteiger partial charge on any atom is -0.465 e. The molecule has 1 heterocycles. The maximum absolute atomic E-state index is 14.4. The zero-order valence-electron chi connectivity index (χ0n) is 18.7. The number of unbranched alkanes of at least 4 members (excludes halogenated alkanes) is 3. The molecule has 5 nitrogen and oxygen atoms in total. The van der Waals surface area contributed by atoms with Crippen LogP contribution in [-0.2, 0) is 14.3 Å². The molecule has 0 aliphatic carbocycles. The van der Waals surface area contributed by atoms with Gasteiger partial charge in [-0.3, -0.25) is 9.59 Å². The Morgan fingerprint density at radius 1 is 1.23 bits per heavy atom. The van der Waals surface area contributed by atoms with Crippen molar-refractivity contribution in [3.05, 3.63) is 48.0 Å². The summed E-state index contributed by atoms with van der Waals surface area (Å²) in [7, 11) is 0. The number of esters is 1. The molecule has 31 heavy (non-hydrogen) atoms. The number of ether oxygens (including phenoxy) is 1. The summed E-state index contributed by atoms with van der Waals surface area (Å²) in [5, 5.41) is 10.2. The molecule has 1 aliphatic rings. The topological polar surface area (TPSA) is 66.8 Å². The van der Waals surface area contributed by atoms with Crippen LogP contribution >= 0.6 is 0 Å². The summed E-state index contributed by atoms with van der Waals surface area (Å²) < 4.78 is 19.6. The molecule has 0 spiro atoms. The standard InChI is InChI=1S/C25H36FNO4/c1-19(2)18-31-24(30)12-8-3-4-9-17-27-21(14-16-23(27)29)13-15-22(28)25(26)20-10-6-5-7-11-20/h5-7,10-11,13,15,19,21-22,25,28H,3-4,8-9,12,14,16-18H2,1-2H3. The number of nitrogens with zero attached hydrogens (tertiary/aromatic N) is 1. The molecule has 1 aliphatic heterocycles. The van der Waals surface area contributed by atoms with Crippen molar-refractivity contribution in [1.82, 2.24) is 4.90 Å². The van der Waals surface area contributed by atoms with Crippen LogP contribution in [0.5, 0.6) is 0 Å². The number of aliphatic hydroxyl groups is 1. The molecule has 1 N–H and O–H groups in total. The maximum Gasteiger partial charge on any atom is 0.305 e. The van der Waals surface area contributed by atoms with Crippen LogP contribution in [0.15, 0.2) is 42.5 Å². The van der Waals surface area contributed by atoms with Gasteiger partial charge in [-0.1, -0.05) is 69.2 Å². The summed E-state index contributed by atoms with van der Waals surface area (Å²) in [5.41, 5.74) is 0.437. The van der Waals surface area contributed by atoms with Gasteiger partial charge in [-0.15, -0.1) is 0 Å². The van der Waals surface area contributed by atoms with E-state index in [1.165, 1.54) is 6.08 Å². The molecule has 2 rings (SSSR count). The number of benzene rings is 1. The van der Waals surface area contributed by atoms with Crippen molar-refractivity contribution in [3.63, 3.8) is 0 Å². The quantitative estimate of drug-likeness (QED) is 0.277. The van der Waals surface area contributed by atoms with Gasteiger partial charge in [0.1, 0.15) is 6.10 Å². The Bertz CT molecular complexity index is 707. The van der Waals surface area contributed by atoms with Crippen molar-refractivity contribution in [1.29, 1.82) is 0 Å². The van der Waals surface area contributed by atoms with Crippen molar-refractivity contribution >= 4 is 11.9 Å². The average Bonchev–Trinajstić information content (AvgIpc) is 3.12. The highest BCUT2D eigenvalue weighted by molar-refractivity contribution is 5.79. The number of halogens is 1. The van der Waals surface area contributed by atoms with Crippen LogP contribution in [0.25, 0.3) is 0 Å². The Morgan fingerprint density at radius 2 is 1.94 bits per heavy atom. The summed E-state index contributed by atoms with van der Waals surface area (Å²) in [6.45, 7) is 5.12. The van der Waals surface area contributed by atoms with E-state index in [9.17, 15) is 19.1 Å². The van der Waals surface area contributed by atoms with Crippen molar-refractivity contribution in [2.75, 3.05) is 13.2 Å². The maximum atomic E-state index is 14.4. The van der Waals surface area contributed by atoms with Crippen molar-refractivity contribution in [2.45, 2.75) is 77.1 Å². The minimum absolute atomic E-state index is 0.0984. The van der Waals surface area contributed by atoms with E-state index in [4.69, 9.17) is 4.74 Å². The van der Waals surface area contributed by atoms with Gasteiger partial charge in [0.2, 0.25) is 5.91 Å². The van der Waals surface area contributed by atoms with Crippen LogP contribution < -0.4 is 0 Å². The van der Waals surface area contributed by atoms with Crippen LogP contribution in [0.3, 0.4) is 0 Å². The highest BCUT2D eigenvalue weighted by Crippen LogP contribution is 2.24. The Balaban J connectivity index is 1.70. The molecule has 1 saturated heterocycles. The smallest absolute Gasteiger partial charge is 0.305 e. The first-order valence-electron chi connectivity index (χ1n) is 11.4. The zero-order valence-corrected chi connectivity index (χ0v) is 18.7. The molecular formula is C25H36FNO4. The fourth-order valence-electron chi connectivity index (χ4n) is 3.66. The van der Waals surface area contributed by atoms with Gasteiger partial charge >= 0.3 is 5.97 Å². The van der Waals surface area contributed by atoms with E-state index in [0.29, 0.717) is 43.9 Å². The average molecular weight is 434 g/mol. The van der Waals surface area contributed by atoms with Gasteiger partial charge in [0.15, 0.2) is 6.17 Å². The number of hydrogen-bond donors (Lipinski definition) is 1. The summed E-state index contributed by atoms with van der Waals surface area (Å²) in [4.78, 5) is 25.6. The molecule has 3 unspecified atom stereocenters. The number of rotatable bonds is 13. The van der Waals surface area contributed by atoms with E-state index in [2.05, 4.69) is 0 Å². The Kier molecular flexibility index (Phi) is 10.7. The Morgan fingerprint density at radius 3 is 2.65 bits per heavy atom. The van der Waals surface area contributed by atoms with Crippen LogP contribution in [0.2, 0.25) is 0 Å². The molecule has 1 fully saturated rings. The second-order valence-corrected chi connectivity index (χ2v) is 8.62. The van der Waals surface area contributed by atoms with Crippen LogP contribution in [0.1, 0.15) is 70.5 Å². The van der Waals surface area contributed by atoms with E-state index in [1.54, 1.807) is 36.4 Å². The van der Waals surface area contributed by atoms with Gasteiger partial charge in [0, 0.05) is 19.4 Å². The molecule has 1 aromatic rings. The van der Waals surface area contributed by atoms with E-state index in [0.717, 1.165) is 25.7 Å².